The van der Waals surface area contributed by atoms with Gasteiger partial charge in [0.2, 0.25) is 0 Å². The number of aliphatic imine (C=N–C) groups is 1. The van der Waals surface area contributed by atoms with Gasteiger partial charge in [-0.05, 0) is 6.92 Å². The minimum Gasteiger partial charge on any atom is -0.353 e. The lowest BCUT2D eigenvalue weighted by Crippen LogP contribution is -2.29. The summed E-state index contributed by atoms with van der Waals surface area (Å²) in [4.78, 5) is 4.27. The van der Waals surface area contributed by atoms with E-state index in [1.165, 1.54) is 5.56 Å². The van der Waals surface area contributed by atoms with Crippen LogP contribution in [0.1, 0.15) is 11.1 Å². The van der Waals surface area contributed by atoms with Gasteiger partial charge in [0.25, 0.3) is 0 Å². The van der Waals surface area contributed by atoms with Crippen LogP contribution >= 0.6 is 0 Å². The van der Waals surface area contributed by atoms with Gasteiger partial charge in [-0.15, -0.1) is 0 Å². The molecule has 1 atom stereocenters. The number of aryl methyl sites for hydroxylation is 1. The molecule has 0 saturated carbocycles. The van der Waals surface area contributed by atoms with Gasteiger partial charge in [-0.3, -0.25) is 4.99 Å². The number of nitrogens with zero attached hydrogens (tertiary/aromatic N) is 2. The van der Waals surface area contributed by atoms with E-state index in [1.807, 2.05) is 31.2 Å². The number of nitriles is 1. The number of benzene rings is 1. The monoisotopic (exact) mass is 185 g/mol. The summed E-state index contributed by atoms with van der Waals surface area (Å²) in [5, 5.41) is 11.8. The van der Waals surface area contributed by atoms with Gasteiger partial charge in [-0.2, -0.15) is 5.26 Å². The third-order valence-corrected chi connectivity index (χ3v) is 2.22. The van der Waals surface area contributed by atoms with Gasteiger partial charge in [0.15, 0.2) is 0 Å². The molecule has 1 heterocycles. The van der Waals surface area contributed by atoms with Crippen molar-refractivity contribution in [1.29, 1.82) is 5.26 Å². The van der Waals surface area contributed by atoms with E-state index in [2.05, 4.69) is 16.4 Å². The van der Waals surface area contributed by atoms with Gasteiger partial charge < -0.3 is 5.32 Å². The van der Waals surface area contributed by atoms with Crippen LogP contribution in [0, 0.1) is 18.3 Å². The van der Waals surface area contributed by atoms with Crippen LogP contribution in [-0.2, 0) is 0 Å². The van der Waals surface area contributed by atoms with E-state index < -0.39 is 0 Å². The maximum absolute atomic E-state index is 8.69. The zero-order valence-electron chi connectivity index (χ0n) is 7.99. The van der Waals surface area contributed by atoms with Crippen molar-refractivity contribution in [3.63, 3.8) is 0 Å². The van der Waals surface area contributed by atoms with Crippen LogP contribution in [0.4, 0.5) is 0 Å². The fourth-order valence-corrected chi connectivity index (χ4v) is 1.40. The summed E-state index contributed by atoms with van der Waals surface area (Å²) in [5.74, 6) is 0.830. The van der Waals surface area contributed by atoms with Crippen LogP contribution in [0.2, 0.25) is 0 Å². The molecule has 2 rings (SSSR count). The quantitative estimate of drug-likeness (QED) is 0.715. The van der Waals surface area contributed by atoms with Crippen molar-refractivity contribution in [2.45, 2.75) is 13.0 Å². The Hall–Kier alpha value is -1.82. The van der Waals surface area contributed by atoms with E-state index in [0.29, 0.717) is 6.54 Å². The summed E-state index contributed by atoms with van der Waals surface area (Å²) in [7, 11) is 0. The molecule has 0 fully saturated rings. The molecular weight excluding hydrogens is 174 g/mol. The molecular formula is C11H11N3. The van der Waals surface area contributed by atoms with Gasteiger partial charge in [-0.1, -0.05) is 29.8 Å². The Morgan fingerprint density at radius 3 is 2.71 bits per heavy atom. The number of nitrogens with one attached hydrogen (secondary N) is 1. The second kappa shape index (κ2) is 3.51. The van der Waals surface area contributed by atoms with Crippen LogP contribution in [0.3, 0.4) is 0 Å². The Kier molecular flexibility index (Phi) is 2.19. The molecule has 0 aliphatic carbocycles. The Morgan fingerprint density at radius 2 is 2.14 bits per heavy atom. The maximum atomic E-state index is 8.69. The van der Waals surface area contributed by atoms with Crippen LogP contribution in [-0.4, -0.2) is 18.4 Å². The SMILES string of the molecule is Cc1ccc(C2=NCC(C#N)N2)cc1. The van der Waals surface area contributed by atoms with Gasteiger partial charge in [0.05, 0.1) is 12.6 Å². The molecule has 0 radical (unpaired) electrons. The van der Waals surface area contributed by atoms with Gasteiger partial charge in [-0.25, -0.2) is 0 Å². The van der Waals surface area contributed by atoms with Crippen molar-refractivity contribution in [3.05, 3.63) is 35.4 Å². The summed E-state index contributed by atoms with van der Waals surface area (Å²) in [6.07, 6.45) is 0. The van der Waals surface area contributed by atoms with Crippen molar-refractivity contribution in [3.8, 4) is 6.07 Å². The molecule has 1 aliphatic heterocycles. The first kappa shape index (κ1) is 8.76. The predicted octanol–water partition coefficient (Wildman–Crippen LogP) is 1.24. The first-order chi connectivity index (χ1) is 6.79. The summed E-state index contributed by atoms with van der Waals surface area (Å²) in [6, 6.07) is 10.1. The highest BCUT2D eigenvalue weighted by atomic mass is 15.1. The highest BCUT2D eigenvalue weighted by Crippen LogP contribution is 2.07. The zero-order valence-corrected chi connectivity index (χ0v) is 7.99. The molecule has 3 heteroatoms. The first-order valence-corrected chi connectivity index (χ1v) is 4.57. The van der Waals surface area contributed by atoms with Gasteiger partial charge in [0.1, 0.15) is 11.9 Å². The second-order valence-electron chi connectivity index (χ2n) is 3.38. The van der Waals surface area contributed by atoms with Crippen molar-refractivity contribution in [2.75, 3.05) is 6.54 Å². The van der Waals surface area contributed by atoms with Gasteiger partial charge >= 0.3 is 0 Å². The summed E-state index contributed by atoms with van der Waals surface area (Å²) in [6.45, 7) is 2.60. The van der Waals surface area contributed by atoms with Crippen LogP contribution < -0.4 is 5.32 Å². The smallest absolute Gasteiger partial charge is 0.135 e. The minimum absolute atomic E-state index is 0.161. The van der Waals surface area contributed by atoms with Crippen molar-refractivity contribution >= 4 is 5.84 Å². The van der Waals surface area contributed by atoms with E-state index in [4.69, 9.17) is 5.26 Å². The molecule has 0 bridgehead atoms. The molecule has 0 saturated heterocycles. The van der Waals surface area contributed by atoms with E-state index in [-0.39, 0.29) is 6.04 Å². The molecule has 0 amide bonds. The molecule has 70 valence electrons. The number of hydrogen-bond donors (Lipinski definition) is 1. The molecule has 1 aliphatic rings. The second-order valence-corrected chi connectivity index (χ2v) is 3.38. The molecule has 1 N–H and O–H groups in total. The summed E-state index contributed by atoms with van der Waals surface area (Å²) in [5.41, 5.74) is 2.28. The third kappa shape index (κ3) is 1.60. The summed E-state index contributed by atoms with van der Waals surface area (Å²) >= 11 is 0. The normalized spacial score (nSPS) is 19.7. The number of hydrogen-bond acceptors (Lipinski definition) is 3. The van der Waals surface area contributed by atoms with Crippen LogP contribution in [0.5, 0.6) is 0 Å². The van der Waals surface area contributed by atoms with E-state index in [0.717, 1.165) is 11.4 Å². The lowest BCUT2D eigenvalue weighted by Gasteiger charge is -2.04. The molecule has 0 spiro atoms. The van der Waals surface area contributed by atoms with Crippen LogP contribution in [0.25, 0.3) is 0 Å². The first-order valence-electron chi connectivity index (χ1n) is 4.57. The maximum Gasteiger partial charge on any atom is 0.135 e. The van der Waals surface area contributed by atoms with E-state index in [9.17, 15) is 0 Å². The highest BCUT2D eigenvalue weighted by molar-refractivity contribution is 6.00. The lowest BCUT2D eigenvalue weighted by molar-refractivity contribution is 0.811. The molecule has 1 aromatic rings. The van der Waals surface area contributed by atoms with Crippen molar-refractivity contribution in [2.24, 2.45) is 4.99 Å². The number of rotatable bonds is 1. The van der Waals surface area contributed by atoms with Crippen molar-refractivity contribution in [1.82, 2.24) is 5.32 Å². The predicted molar refractivity (Wildman–Crippen MR) is 55.1 cm³/mol. The average Bonchev–Trinajstić information content (AvgIpc) is 2.67. The zero-order chi connectivity index (χ0) is 9.97. The lowest BCUT2D eigenvalue weighted by atomic mass is 10.1. The van der Waals surface area contributed by atoms with E-state index >= 15 is 0 Å². The number of amidine groups is 1. The Bertz CT molecular complexity index is 398. The molecule has 1 unspecified atom stereocenters. The average molecular weight is 185 g/mol. The standard InChI is InChI=1S/C11H11N3/c1-8-2-4-9(5-3-8)11-13-7-10(6-12)14-11/h2-5,10H,7H2,1H3,(H,13,14). The van der Waals surface area contributed by atoms with Crippen LogP contribution in [0.15, 0.2) is 29.3 Å². The topological polar surface area (TPSA) is 48.2 Å². The molecule has 14 heavy (non-hydrogen) atoms. The highest BCUT2D eigenvalue weighted by Gasteiger charge is 2.16. The minimum atomic E-state index is -0.161. The molecule has 3 nitrogen and oxygen atoms in total. The fourth-order valence-electron chi connectivity index (χ4n) is 1.40. The third-order valence-electron chi connectivity index (χ3n) is 2.22. The largest absolute Gasteiger partial charge is 0.353 e. The van der Waals surface area contributed by atoms with Gasteiger partial charge in [0, 0.05) is 5.56 Å². The fraction of sp³-hybridized carbons (Fsp3) is 0.273. The van der Waals surface area contributed by atoms with Crippen molar-refractivity contribution < 1.29 is 0 Å². The molecule has 0 aromatic heterocycles. The Morgan fingerprint density at radius 1 is 1.43 bits per heavy atom. The molecule has 1 aromatic carbocycles. The van der Waals surface area contributed by atoms with E-state index in [1.54, 1.807) is 0 Å². The Labute approximate surface area is 83.1 Å². The Balaban J connectivity index is 2.18. The summed E-state index contributed by atoms with van der Waals surface area (Å²) < 4.78 is 0.